The zero-order valence-corrected chi connectivity index (χ0v) is 29.8. The Hall–Kier alpha value is -4.74. The van der Waals surface area contributed by atoms with Crippen molar-refractivity contribution in [3.05, 3.63) is 36.9 Å². The molecule has 4 fully saturated rings. The lowest BCUT2D eigenvalue weighted by Gasteiger charge is -2.36. The van der Waals surface area contributed by atoms with E-state index in [1.54, 1.807) is 52.1 Å². The highest BCUT2D eigenvalue weighted by atomic mass is 32.2. The molecule has 2 aromatic rings. The SMILES string of the molecule is C=C[C@@H]1CC1(NC(=O)[C@@H]1C[C@@H](On2nnc(-c3ccc(OC)cc3)n2)C2CCCCC(NC(=O)OC(C)(C)C)C(=O)N21)C(=O)NS(=O)(=O)C1CC1. The zero-order valence-electron chi connectivity index (χ0n) is 29.0. The van der Waals surface area contributed by atoms with E-state index >= 15 is 0 Å². The largest absolute Gasteiger partial charge is 0.497 e. The van der Waals surface area contributed by atoms with Gasteiger partial charge in [0.05, 0.1) is 18.4 Å². The number of methoxy groups -OCH3 is 1. The minimum Gasteiger partial charge on any atom is -0.497 e. The topological polar surface area (TPSA) is 213 Å². The molecule has 18 heteroatoms. The fraction of sp³-hybridized carbons (Fsp3) is 0.606. The van der Waals surface area contributed by atoms with Gasteiger partial charge in [-0.2, -0.15) is 0 Å². The van der Waals surface area contributed by atoms with E-state index in [2.05, 4.69) is 37.3 Å². The minimum absolute atomic E-state index is 0.0162. The maximum atomic E-state index is 14.3. The number of carbonyl (C=O) groups is 4. The first-order valence-corrected chi connectivity index (χ1v) is 18.6. The quantitative estimate of drug-likeness (QED) is 0.279. The Morgan fingerprint density at radius 2 is 1.78 bits per heavy atom. The van der Waals surface area contributed by atoms with Crippen LogP contribution in [0.3, 0.4) is 0 Å². The van der Waals surface area contributed by atoms with E-state index in [0.717, 1.165) is 4.96 Å². The third-order valence-corrected chi connectivity index (χ3v) is 11.4. The molecule has 3 N–H and O–H groups in total. The van der Waals surface area contributed by atoms with Crippen LogP contribution in [-0.2, 0) is 29.1 Å². The molecule has 3 heterocycles. The molecule has 2 saturated carbocycles. The van der Waals surface area contributed by atoms with Crippen LogP contribution in [0.5, 0.6) is 5.75 Å². The maximum absolute atomic E-state index is 14.3. The lowest BCUT2D eigenvalue weighted by atomic mass is 9.98. The second-order valence-corrected chi connectivity index (χ2v) is 16.4. The van der Waals surface area contributed by atoms with Crippen molar-refractivity contribution in [3.8, 4) is 17.1 Å². The molecule has 2 aliphatic carbocycles. The Labute approximate surface area is 295 Å². The number of alkyl carbamates (subject to hydrolysis) is 1. The van der Waals surface area contributed by atoms with Crippen molar-refractivity contribution in [2.45, 2.75) is 113 Å². The number of carbonyl (C=O) groups excluding carboxylic acids is 4. The summed E-state index contributed by atoms with van der Waals surface area (Å²) < 4.78 is 38.1. The van der Waals surface area contributed by atoms with E-state index in [9.17, 15) is 27.6 Å². The third kappa shape index (κ3) is 7.79. The molecule has 17 nitrogen and oxygen atoms in total. The summed E-state index contributed by atoms with van der Waals surface area (Å²) in [5, 5.41) is 17.3. The van der Waals surface area contributed by atoms with Gasteiger partial charge >= 0.3 is 6.09 Å². The number of tetrazole rings is 1. The molecule has 2 saturated heterocycles. The molecule has 6 atom stereocenters. The number of ether oxygens (including phenoxy) is 2. The molecule has 6 rings (SSSR count). The number of amides is 4. The van der Waals surface area contributed by atoms with Crippen LogP contribution in [0.1, 0.15) is 72.1 Å². The Morgan fingerprint density at radius 3 is 2.41 bits per heavy atom. The number of sulfonamides is 1. The van der Waals surface area contributed by atoms with Gasteiger partial charge in [0.15, 0.2) is 6.10 Å². The average molecular weight is 729 g/mol. The van der Waals surface area contributed by atoms with E-state index in [0.29, 0.717) is 49.8 Å². The number of benzene rings is 1. The molecule has 1 aromatic carbocycles. The molecule has 0 radical (unpaired) electrons. The zero-order chi connectivity index (χ0) is 36.7. The molecular formula is C33H44N8O9S. The Bertz CT molecular complexity index is 1790. The fourth-order valence-electron chi connectivity index (χ4n) is 6.72. The van der Waals surface area contributed by atoms with Gasteiger partial charge in [-0.3, -0.25) is 19.1 Å². The summed E-state index contributed by atoms with van der Waals surface area (Å²) in [6.07, 6.45) is 2.96. The molecule has 2 aliphatic heterocycles. The van der Waals surface area contributed by atoms with Crippen molar-refractivity contribution < 1.29 is 41.9 Å². The number of hydrogen-bond acceptors (Lipinski definition) is 12. The van der Waals surface area contributed by atoms with Crippen LogP contribution in [-0.4, -0.2) is 105 Å². The highest BCUT2D eigenvalue weighted by Crippen LogP contribution is 2.46. The van der Waals surface area contributed by atoms with Crippen LogP contribution in [0.15, 0.2) is 36.9 Å². The first kappa shape index (κ1) is 36.1. The van der Waals surface area contributed by atoms with Gasteiger partial charge in [-0.15, -0.1) is 11.7 Å². The molecule has 0 spiro atoms. The van der Waals surface area contributed by atoms with Gasteiger partial charge in [-0.1, -0.05) is 24.0 Å². The molecule has 276 valence electrons. The van der Waals surface area contributed by atoms with Gasteiger partial charge in [0.25, 0.3) is 5.91 Å². The van der Waals surface area contributed by atoms with E-state index < -0.39 is 80.4 Å². The molecule has 1 aromatic heterocycles. The van der Waals surface area contributed by atoms with Gasteiger partial charge in [-0.05, 0) is 82.4 Å². The number of nitrogens with one attached hydrogen (secondary N) is 3. The van der Waals surface area contributed by atoms with Crippen molar-refractivity contribution >= 4 is 33.8 Å². The van der Waals surface area contributed by atoms with Gasteiger partial charge in [0.1, 0.15) is 29.0 Å². The molecule has 3 unspecified atom stereocenters. The second kappa shape index (κ2) is 13.8. The van der Waals surface area contributed by atoms with E-state index in [4.69, 9.17) is 14.3 Å². The van der Waals surface area contributed by atoms with E-state index in [1.807, 2.05) is 0 Å². The summed E-state index contributed by atoms with van der Waals surface area (Å²) in [5.41, 5.74) is -1.72. The number of nitrogens with zero attached hydrogens (tertiary/aromatic N) is 5. The summed E-state index contributed by atoms with van der Waals surface area (Å²) in [6.45, 7) is 8.88. The van der Waals surface area contributed by atoms with E-state index in [-0.39, 0.29) is 18.7 Å². The molecule has 0 bridgehead atoms. The summed E-state index contributed by atoms with van der Waals surface area (Å²) in [6, 6.07) is 4.21. The van der Waals surface area contributed by atoms with Crippen LogP contribution in [0.4, 0.5) is 4.79 Å². The fourth-order valence-corrected chi connectivity index (χ4v) is 8.08. The van der Waals surface area contributed by atoms with Crippen molar-refractivity contribution in [1.82, 2.24) is 40.6 Å². The molecule has 4 amide bonds. The predicted octanol–water partition coefficient (Wildman–Crippen LogP) is 1.25. The van der Waals surface area contributed by atoms with Crippen LogP contribution in [0.25, 0.3) is 11.4 Å². The lowest BCUT2D eigenvalue weighted by Crippen LogP contribution is -2.60. The number of rotatable bonds is 11. The summed E-state index contributed by atoms with van der Waals surface area (Å²) >= 11 is 0. The normalized spacial score (nSPS) is 27.6. The Morgan fingerprint density at radius 1 is 1.08 bits per heavy atom. The van der Waals surface area contributed by atoms with E-state index in [1.165, 1.54) is 11.0 Å². The van der Waals surface area contributed by atoms with Gasteiger partial charge in [0.2, 0.25) is 27.7 Å². The Balaban J connectivity index is 1.26. The first-order valence-electron chi connectivity index (χ1n) is 17.1. The van der Waals surface area contributed by atoms with Crippen molar-refractivity contribution in [2.75, 3.05) is 7.11 Å². The summed E-state index contributed by atoms with van der Waals surface area (Å²) in [5.74, 6) is -1.65. The maximum Gasteiger partial charge on any atom is 0.408 e. The lowest BCUT2D eigenvalue weighted by molar-refractivity contribution is -0.144. The summed E-state index contributed by atoms with van der Waals surface area (Å²) in [7, 11) is -2.34. The van der Waals surface area contributed by atoms with Gasteiger partial charge in [-0.25, -0.2) is 13.2 Å². The van der Waals surface area contributed by atoms with Crippen molar-refractivity contribution in [1.29, 1.82) is 0 Å². The highest BCUT2D eigenvalue weighted by molar-refractivity contribution is 7.91. The molecule has 4 aliphatic rings. The third-order valence-electron chi connectivity index (χ3n) is 9.59. The second-order valence-electron chi connectivity index (χ2n) is 14.5. The Kier molecular flexibility index (Phi) is 9.73. The highest BCUT2D eigenvalue weighted by Gasteiger charge is 2.62. The average Bonchev–Trinajstić information content (AvgIpc) is 3.97. The van der Waals surface area contributed by atoms with Crippen LogP contribution >= 0.6 is 0 Å². The number of fused-ring (bicyclic) bond motifs is 1. The van der Waals surface area contributed by atoms with Crippen LogP contribution < -0.4 is 24.9 Å². The predicted molar refractivity (Wildman–Crippen MR) is 180 cm³/mol. The summed E-state index contributed by atoms with van der Waals surface area (Å²) in [4.78, 5) is 63.3. The van der Waals surface area contributed by atoms with Gasteiger partial charge < -0.3 is 29.8 Å². The molecule has 51 heavy (non-hydrogen) atoms. The van der Waals surface area contributed by atoms with Crippen LogP contribution in [0, 0.1) is 5.92 Å². The number of hydrogen-bond donors (Lipinski definition) is 3. The standard InChI is InChI=1S/C33H44N8O9S/c1-6-20-18-33(20,30(44)38-51(46,47)22-15-16-22)35-28(42)25-17-26(50-41-37-27(36-39-41)19-11-13-21(48-5)14-12-19)24-10-8-7-9-23(29(43)40(24)25)34-31(45)49-32(2,3)4/h6,11-14,20,22-26H,1,7-10,15-18H2,2-5H3,(H,34,45)(H,35,42)(H,38,44)/t20-,23?,24?,25+,26-,33?/m1/s1. The van der Waals surface area contributed by atoms with Crippen molar-refractivity contribution in [3.63, 3.8) is 0 Å². The van der Waals surface area contributed by atoms with Crippen LogP contribution in [0.2, 0.25) is 0 Å². The first-order chi connectivity index (χ1) is 24.1. The van der Waals surface area contributed by atoms with Crippen molar-refractivity contribution in [2.24, 2.45) is 5.92 Å². The monoisotopic (exact) mass is 728 g/mol. The minimum atomic E-state index is -3.90. The van der Waals surface area contributed by atoms with Gasteiger partial charge in [0, 0.05) is 22.9 Å². The smallest absolute Gasteiger partial charge is 0.408 e. The molecular weight excluding hydrogens is 684 g/mol. The number of aromatic nitrogens is 4.